The van der Waals surface area contributed by atoms with Gasteiger partial charge in [0.25, 0.3) is 0 Å². The molecule has 0 aromatic carbocycles. The molecule has 0 aliphatic heterocycles. The number of carbonyl (C=O) groups is 2. The van der Waals surface area contributed by atoms with Gasteiger partial charge in [-0.1, -0.05) is 34.1 Å². The van der Waals surface area contributed by atoms with Crippen LogP contribution in [0.15, 0.2) is 0 Å². The van der Waals surface area contributed by atoms with E-state index in [1.807, 2.05) is 13.8 Å². The molecule has 0 radical (unpaired) electrons. The summed E-state index contributed by atoms with van der Waals surface area (Å²) in [6, 6.07) is 0. The number of rotatable bonds is 8. The molecule has 0 rings (SSSR count). The molecule has 0 heterocycles. The first-order valence-corrected chi connectivity index (χ1v) is 6.26. The van der Waals surface area contributed by atoms with Crippen LogP contribution in [0, 0.1) is 23.7 Å². The predicted octanol–water partition coefficient (Wildman–Crippen LogP) is -5.79. The molecule has 0 fully saturated rings. The Bertz CT molecular complexity index is 271. The van der Waals surface area contributed by atoms with Gasteiger partial charge < -0.3 is 19.8 Å². The summed E-state index contributed by atoms with van der Waals surface area (Å²) in [6.45, 7) is 7.32. The van der Waals surface area contributed by atoms with Gasteiger partial charge in [-0.15, -0.1) is 0 Å². The van der Waals surface area contributed by atoms with E-state index in [4.69, 9.17) is 0 Å². The van der Waals surface area contributed by atoms with Crippen LogP contribution in [0.2, 0.25) is 0 Å². The van der Waals surface area contributed by atoms with Crippen LogP contribution in [0.3, 0.4) is 0 Å². The van der Waals surface area contributed by atoms with E-state index in [0.717, 1.165) is 6.42 Å². The van der Waals surface area contributed by atoms with E-state index in [9.17, 15) is 19.8 Å². The molecule has 19 heavy (non-hydrogen) atoms. The fraction of sp³-hybridized carbons (Fsp3) is 0.846. The normalized spacial score (nSPS) is 16.2. The van der Waals surface area contributed by atoms with Gasteiger partial charge in [0.1, 0.15) is 0 Å². The molecule has 0 saturated carbocycles. The molecule has 0 N–H and O–H groups in total. The maximum Gasteiger partial charge on any atom is 1.00 e. The average molecular weight is 288 g/mol. The summed E-state index contributed by atoms with van der Waals surface area (Å²) >= 11 is 0. The molecule has 0 bridgehead atoms. The Morgan fingerprint density at radius 3 is 1.63 bits per heavy atom. The van der Waals surface area contributed by atoms with Crippen LogP contribution in [-0.4, -0.2) is 11.9 Å². The van der Waals surface area contributed by atoms with E-state index in [-0.39, 0.29) is 71.0 Å². The maximum atomic E-state index is 11.1. The summed E-state index contributed by atoms with van der Waals surface area (Å²) in [7, 11) is 0. The molecule has 0 spiro atoms. The minimum Gasteiger partial charge on any atom is -0.550 e. The van der Waals surface area contributed by atoms with Gasteiger partial charge in [0.05, 0.1) is 0 Å². The molecule has 4 nitrogen and oxygen atoms in total. The molecule has 6 heteroatoms. The van der Waals surface area contributed by atoms with Crippen molar-refractivity contribution in [2.24, 2.45) is 23.7 Å². The number of carbonyl (C=O) groups excluding carboxylic acids is 2. The van der Waals surface area contributed by atoms with Crippen molar-refractivity contribution < 1.29 is 78.9 Å². The molecule has 4 atom stereocenters. The summed E-state index contributed by atoms with van der Waals surface area (Å²) in [6.07, 6.45) is 1.54. The van der Waals surface area contributed by atoms with Crippen molar-refractivity contribution in [1.29, 1.82) is 0 Å². The fourth-order valence-electron chi connectivity index (χ4n) is 2.30. The largest absolute Gasteiger partial charge is 1.00 e. The van der Waals surface area contributed by atoms with Crippen LogP contribution in [0.1, 0.15) is 47.0 Å². The van der Waals surface area contributed by atoms with Crippen LogP contribution in [0.4, 0.5) is 0 Å². The predicted molar refractivity (Wildman–Crippen MR) is 60.5 cm³/mol. The number of hydrogen-bond acceptors (Lipinski definition) is 4. The fourth-order valence-corrected chi connectivity index (χ4v) is 2.30. The Labute approximate surface area is 160 Å². The third-order valence-electron chi connectivity index (χ3n) is 3.62. The monoisotopic (exact) mass is 288 g/mol. The van der Waals surface area contributed by atoms with Crippen LogP contribution in [-0.2, 0) is 9.59 Å². The Morgan fingerprint density at radius 2 is 1.37 bits per heavy atom. The number of hydrogen-bond donors (Lipinski definition) is 0. The topological polar surface area (TPSA) is 80.3 Å². The molecule has 0 aliphatic rings. The third-order valence-corrected chi connectivity index (χ3v) is 3.62. The van der Waals surface area contributed by atoms with Crippen LogP contribution >= 0.6 is 0 Å². The van der Waals surface area contributed by atoms with Crippen molar-refractivity contribution in [2.45, 2.75) is 47.0 Å². The standard InChI is InChI=1S/C13H24O4.2Na/c1-5-8(3)11(13(16)17)9(4)7-10(6-2)12(14)15;;/h8-11H,5-7H2,1-4H3,(H,14,15)(H,16,17);;/q;2*+1/p-2. The molecule has 0 aromatic rings. The summed E-state index contributed by atoms with van der Waals surface area (Å²) in [5, 5.41) is 21.9. The van der Waals surface area contributed by atoms with Crippen molar-refractivity contribution in [3.05, 3.63) is 0 Å². The second-order valence-electron chi connectivity index (χ2n) is 4.87. The zero-order valence-electron chi connectivity index (χ0n) is 13.1. The van der Waals surface area contributed by atoms with Gasteiger partial charge in [0, 0.05) is 17.9 Å². The molecule has 0 aliphatic carbocycles. The van der Waals surface area contributed by atoms with Gasteiger partial charge in [-0.25, -0.2) is 0 Å². The van der Waals surface area contributed by atoms with Crippen LogP contribution < -0.4 is 69.3 Å². The van der Waals surface area contributed by atoms with E-state index in [1.165, 1.54) is 0 Å². The van der Waals surface area contributed by atoms with Gasteiger partial charge in [-0.3, -0.25) is 0 Å². The SMILES string of the molecule is CCC(CC(C)C(C(=O)[O-])C(C)CC)C(=O)[O-].[Na+].[Na+]. The first-order valence-electron chi connectivity index (χ1n) is 6.26. The van der Waals surface area contributed by atoms with E-state index in [2.05, 4.69) is 0 Å². The van der Waals surface area contributed by atoms with Crippen molar-refractivity contribution in [3.8, 4) is 0 Å². The zero-order chi connectivity index (χ0) is 13.6. The van der Waals surface area contributed by atoms with E-state index >= 15 is 0 Å². The van der Waals surface area contributed by atoms with Gasteiger partial charge in [-0.05, 0) is 30.6 Å². The maximum absolute atomic E-state index is 11.1. The Kier molecular flexibility index (Phi) is 16.6. The quantitative estimate of drug-likeness (QED) is 0.417. The van der Waals surface area contributed by atoms with Gasteiger partial charge in [0.15, 0.2) is 0 Å². The zero-order valence-corrected chi connectivity index (χ0v) is 17.1. The van der Waals surface area contributed by atoms with Crippen molar-refractivity contribution in [2.75, 3.05) is 0 Å². The van der Waals surface area contributed by atoms with Gasteiger partial charge >= 0.3 is 59.1 Å². The minimum absolute atomic E-state index is 0. The smallest absolute Gasteiger partial charge is 0.550 e. The number of carboxylic acid groups (broad SMARTS) is 2. The first kappa shape index (κ1) is 24.9. The van der Waals surface area contributed by atoms with Crippen LogP contribution in [0.25, 0.3) is 0 Å². The van der Waals surface area contributed by atoms with Crippen molar-refractivity contribution >= 4 is 11.9 Å². The average Bonchev–Trinajstić information content (AvgIpc) is 2.24. The number of carboxylic acids is 2. The molecule has 0 aromatic heterocycles. The summed E-state index contributed by atoms with van der Waals surface area (Å²) < 4.78 is 0. The summed E-state index contributed by atoms with van der Waals surface area (Å²) in [4.78, 5) is 21.9. The Balaban J connectivity index is -0.00000128. The van der Waals surface area contributed by atoms with Gasteiger partial charge in [0.2, 0.25) is 0 Å². The van der Waals surface area contributed by atoms with E-state index in [0.29, 0.717) is 12.8 Å². The first-order chi connectivity index (χ1) is 7.84. The molecule has 0 saturated heterocycles. The van der Waals surface area contributed by atoms with Crippen molar-refractivity contribution in [1.82, 2.24) is 0 Å². The third kappa shape index (κ3) is 8.74. The molecule has 100 valence electrons. The van der Waals surface area contributed by atoms with E-state index < -0.39 is 23.8 Å². The Hall–Kier alpha value is 0.940. The second kappa shape index (κ2) is 12.7. The molecular weight excluding hydrogens is 266 g/mol. The van der Waals surface area contributed by atoms with Gasteiger partial charge in [-0.2, -0.15) is 0 Å². The molecule has 0 amide bonds. The van der Waals surface area contributed by atoms with Crippen molar-refractivity contribution in [3.63, 3.8) is 0 Å². The Morgan fingerprint density at radius 1 is 0.895 bits per heavy atom. The van der Waals surface area contributed by atoms with Crippen LogP contribution in [0.5, 0.6) is 0 Å². The summed E-state index contributed by atoms with van der Waals surface area (Å²) in [5.74, 6) is -3.56. The van der Waals surface area contributed by atoms with E-state index in [1.54, 1.807) is 13.8 Å². The second-order valence-corrected chi connectivity index (χ2v) is 4.87. The minimum atomic E-state index is -1.10. The molecular formula is C13H22Na2O4. The number of aliphatic carboxylic acids is 2. The summed E-state index contributed by atoms with van der Waals surface area (Å²) in [5.41, 5.74) is 0. The molecule has 4 unspecified atom stereocenters.